The van der Waals surface area contributed by atoms with Crippen molar-refractivity contribution in [2.75, 3.05) is 13.2 Å². The van der Waals surface area contributed by atoms with Crippen LogP contribution in [0.5, 0.6) is 0 Å². The molecule has 13 heavy (non-hydrogen) atoms. The minimum absolute atomic E-state index is 0.0322. The van der Waals surface area contributed by atoms with E-state index in [-0.39, 0.29) is 18.5 Å². The van der Waals surface area contributed by atoms with E-state index >= 15 is 0 Å². The Kier molecular flexibility index (Phi) is 3.14. The fraction of sp³-hybridized carbons (Fsp3) is 0.750. The van der Waals surface area contributed by atoms with Crippen molar-refractivity contribution in [1.29, 1.82) is 0 Å². The van der Waals surface area contributed by atoms with Gasteiger partial charge >= 0.3 is 6.09 Å². The lowest BCUT2D eigenvalue weighted by Gasteiger charge is -2.22. The van der Waals surface area contributed by atoms with Gasteiger partial charge in [0.05, 0.1) is 12.6 Å². The van der Waals surface area contributed by atoms with Crippen LogP contribution in [0, 0.1) is 5.92 Å². The number of hydrogen-bond donors (Lipinski definition) is 0. The summed E-state index contributed by atoms with van der Waals surface area (Å²) in [5.74, 6) is 0.266. The van der Waals surface area contributed by atoms with E-state index in [1.807, 2.05) is 13.8 Å². The molecule has 4 nitrogen and oxygen atoms in total. The summed E-state index contributed by atoms with van der Waals surface area (Å²) in [6, 6.07) is -0.0322. The minimum atomic E-state index is -0.537. The van der Waals surface area contributed by atoms with E-state index < -0.39 is 11.3 Å². The number of nitrogens with zero attached hydrogens (tertiary/aromatic N) is 1. The van der Waals surface area contributed by atoms with Gasteiger partial charge in [-0.05, 0) is 17.5 Å². The number of carbonyl (C=O) groups is 2. The molecule has 0 saturated carbocycles. The molecule has 1 aliphatic rings. The molecule has 0 aliphatic carbocycles. The molecule has 1 fully saturated rings. The third-order valence-electron chi connectivity index (χ3n) is 2.08. The summed E-state index contributed by atoms with van der Waals surface area (Å²) in [5.41, 5.74) is 0. The molecular formula is C8H12ClNO3. The summed E-state index contributed by atoms with van der Waals surface area (Å²) >= 11 is 5.20. The first-order valence-corrected chi connectivity index (χ1v) is 4.52. The molecule has 0 aromatic heterocycles. The van der Waals surface area contributed by atoms with E-state index in [2.05, 4.69) is 0 Å². The molecule has 1 amide bonds. The quantitative estimate of drug-likeness (QED) is 0.651. The maximum atomic E-state index is 11.1. The highest BCUT2D eigenvalue weighted by Gasteiger charge is 2.35. The molecular weight excluding hydrogens is 194 g/mol. The molecule has 0 aromatic carbocycles. The Morgan fingerprint density at radius 1 is 1.77 bits per heavy atom. The van der Waals surface area contributed by atoms with Crippen molar-refractivity contribution in [3.8, 4) is 0 Å². The second-order valence-electron chi connectivity index (χ2n) is 3.37. The van der Waals surface area contributed by atoms with Crippen LogP contribution in [0.25, 0.3) is 0 Å². The molecule has 1 saturated heterocycles. The minimum Gasteiger partial charge on any atom is -0.447 e. The number of rotatable bonds is 3. The number of carbonyl (C=O) groups excluding carboxylic acids is 2. The zero-order valence-corrected chi connectivity index (χ0v) is 8.37. The van der Waals surface area contributed by atoms with Crippen molar-refractivity contribution < 1.29 is 14.3 Å². The average molecular weight is 206 g/mol. The average Bonchev–Trinajstić information content (AvgIpc) is 2.32. The largest absolute Gasteiger partial charge is 0.447 e. The van der Waals surface area contributed by atoms with Gasteiger partial charge in [-0.25, -0.2) is 4.79 Å². The van der Waals surface area contributed by atoms with Gasteiger partial charge in [-0.3, -0.25) is 9.69 Å². The molecule has 0 bridgehead atoms. The van der Waals surface area contributed by atoms with Gasteiger partial charge in [0.1, 0.15) is 6.61 Å². The molecule has 0 N–H and O–H groups in total. The van der Waals surface area contributed by atoms with Crippen molar-refractivity contribution in [1.82, 2.24) is 4.90 Å². The SMILES string of the molecule is CC(C)[C@H]1COC(=O)N1CC(=O)Cl. The fourth-order valence-corrected chi connectivity index (χ4v) is 1.46. The lowest BCUT2D eigenvalue weighted by molar-refractivity contribution is -0.112. The molecule has 5 heteroatoms. The van der Waals surface area contributed by atoms with Gasteiger partial charge in [-0.2, -0.15) is 0 Å². The molecule has 0 spiro atoms. The smallest absolute Gasteiger partial charge is 0.410 e. The van der Waals surface area contributed by atoms with Crippen molar-refractivity contribution >= 4 is 22.9 Å². The van der Waals surface area contributed by atoms with Crippen molar-refractivity contribution in [3.05, 3.63) is 0 Å². The van der Waals surface area contributed by atoms with Crippen molar-refractivity contribution in [2.24, 2.45) is 5.92 Å². The Bertz CT molecular complexity index is 229. The van der Waals surface area contributed by atoms with E-state index in [1.165, 1.54) is 4.90 Å². The maximum Gasteiger partial charge on any atom is 0.410 e. The summed E-state index contributed by atoms with van der Waals surface area (Å²) in [5, 5.41) is -0.537. The first kappa shape index (κ1) is 10.3. The van der Waals surface area contributed by atoms with Gasteiger partial charge in [-0.15, -0.1) is 0 Å². The van der Waals surface area contributed by atoms with Crippen LogP contribution in [-0.4, -0.2) is 35.4 Å². The Labute approximate surface area is 81.8 Å². The Hall–Kier alpha value is -0.770. The number of hydrogen-bond acceptors (Lipinski definition) is 3. The van der Waals surface area contributed by atoms with Gasteiger partial charge in [0.25, 0.3) is 0 Å². The maximum absolute atomic E-state index is 11.1. The van der Waals surface area contributed by atoms with E-state index in [0.29, 0.717) is 6.61 Å². The number of cyclic esters (lactones) is 1. The number of ether oxygens (including phenoxy) is 1. The predicted octanol–water partition coefficient (Wildman–Crippen LogP) is 1.23. The number of halogens is 1. The molecule has 1 rings (SSSR count). The third kappa shape index (κ3) is 2.34. The molecule has 0 aromatic rings. The molecule has 0 radical (unpaired) electrons. The Balaban J connectivity index is 2.65. The summed E-state index contributed by atoms with van der Waals surface area (Å²) in [6.45, 7) is 4.22. The monoisotopic (exact) mass is 205 g/mol. The first-order chi connectivity index (χ1) is 6.02. The summed E-state index contributed by atoms with van der Waals surface area (Å²) in [6.07, 6.45) is -0.451. The van der Waals surface area contributed by atoms with Crippen LogP contribution >= 0.6 is 11.6 Å². The van der Waals surface area contributed by atoms with Crippen molar-refractivity contribution in [2.45, 2.75) is 19.9 Å². The van der Waals surface area contributed by atoms with E-state index in [1.54, 1.807) is 0 Å². The van der Waals surface area contributed by atoms with E-state index in [9.17, 15) is 9.59 Å². The van der Waals surface area contributed by atoms with Crippen LogP contribution in [0.2, 0.25) is 0 Å². The topological polar surface area (TPSA) is 46.6 Å². The summed E-state index contributed by atoms with van der Waals surface area (Å²) in [4.78, 5) is 23.1. The first-order valence-electron chi connectivity index (χ1n) is 4.14. The molecule has 1 atom stereocenters. The van der Waals surface area contributed by atoms with Gasteiger partial charge in [0.15, 0.2) is 0 Å². The van der Waals surface area contributed by atoms with Crippen molar-refractivity contribution in [3.63, 3.8) is 0 Å². The fourth-order valence-electron chi connectivity index (χ4n) is 1.33. The van der Waals surface area contributed by atoms with Gasteiger partial charge in [0, 0.05) is 0 Å². The summed E-state index contributed by atoms with van der Waals surface area (Å²) in [7, 11) is 0. The predicted molar refractivity (Wildman–Crippen MR) is 47.5 cm³/mol. The van der Waals surface area contributed by atoms with E-state index in [0.717, 1.165) is 0 Å². The van der Waals surface area contributed by atoms with Crippen LogP contribution in [0.15, 0.2) is 0 Å². The Morgan fingerprint density at radius 3 is 2.85 bits per heavy atom. The number of amides is 1. The van der Waals surface area contributed by atoms with Crippen LogP contribution in [0.4, 0.5) is 4.79 Å². The second-order valence-corrected chi connectivity index (χ2v) is 3.79. The molecule has 1 heterocycles. The summed E-state index contributed by atoms with van der Waals surface area (Å²) < 4.78 is 4.82. The van der Waals surface area contributed by atoms with Crippen LogP contribution in [0.1, 0.15) is 13.8 Å². The highest BCUT2D eigenvalue weighted by atomic mass is 35.5. The van der Waals surface area contributed by atoms with Crippen LogP contribution < -0.4 is 0 Å². The zero-order valence-electron chi connectivity index (χ0n) is 7.62. The van der Waals surface area contributed by atoms with Gasteiger partial charge in [0.2, 0.25) is 5.24 Å². The van der Waals surface area contributed by atoms with Gasteiger partial charge < -0.3 is 4.74 Å². The normalized spacial score (nSPS) is 22.3. The molecule has 74 valence electrons. The molecule has 0 unspecified atom stereocenters. The highest BCUT2D eigenvalue weighted by molar-refractivity contribution is 6.64. The van der Waals surface area contributed by atoms with Crippen LogP contribution in [-0.2, 0) is 9.53 Å². The Morgan fingerprint density at radius 2 is 2.38 bits per heavy atom. The van der Waals surface area contributed by atoms with Crippen LogP contribution in [0.3, 0.4) is 0 Å². The third-order valence-corrected chi connectivity index (χ3v) is 2.20. The molecule has 1 aliphatic heterocycles. The lowest BCUT2D eigenvalue weighted by atomic mass is 10.1. The zero-order chi connectivity index (χ0) is 10.0. The standard InChI is InChI=1S/C8H12ClNO3/c1-5(2)6-4-13-8(12)10(6)3-7(9)11/h5-6H,3-4H2,1-2H3/t6-/m1/s1. The highest BCUT2D eigenvalue weighted by Crippen LogP contribution is 2.19. The second kappa shape index (κ2) is 3.96. The van der Waals surface area contributed by atoms with Gasteiger partial charge in [-0.1, -0.05) is 13.8 Å². The lowest BCUT2D eigenvalue weighted by Crippen LogP contribution is -2.39. The van der Waals surface area contributed by atoms with E-state index in [4.69, 9.17) is 16.3 Å².